The summed E-state index contributed by atoms with van der Waals surface area (Å²) < 4.78 is 1.95. The second-order valence-electron chi connectivity index (χ2n) is 6.04. The Labute approximate surface area is 136 Å². The summed E-state index contributed by atoms with van der Waals surface area (Å²) in [7, 11) is 0. The second-order valence-corrected chi connectivity index (χ2v) is 6.04. The number of carbonyl (C=O) groups is 1. The molecule has 118 valence electrons. The average Bonchev–Trinajstić information content (AvgIpc) is 2.81. The lowest BCUT2D eigenvalue weighted by atomic mass is 10.1. The Hall–Kier alpha value is -2.55. The van der Waals surface area contributed by atoms with Crippen LogP contribution in [0.5, 0.6) is 0 Å². The molecule has 0 saturated carbocycles. The van der Waals surface area contributed by atoms with Gasteiger partial charge in [-0.3, -0.25) is 0 Å². The third-order valence-corrected chi connectivity index (χ3v) is 4.36. The van der Waals surface area contributed by atoms with E-state index in [1.54, 1.807) is 0 Å². The molecule has 1 heterocycles. The summed E-state index contributed by atoms with van der Waals surface area (Å²) in [4.78, 5) is 11.7. The molecular weight excluding hydrogens is 286 g/mol. The molecule has 23 heavy (non-hydrogen) atoms. The van der Waals surface area contributed by atoms with Crippen LogP contribution in [-0.2, 0) is 13.0 Å². The fraction of sp³-hybridized carbons (Fsp3) is 0.250. The zero-order valence-corrected chi connectivity index (χ0v) is 13.5. The molecule has 0 spiro atoms. The topological polar surface area (TPSA) is 42.2 Å². The molecule has 1 N–H and O–H groups in total. The Bertz CT molecular complexity index is 847. The van der Waals surface area contributed by atoms with Gasteiger partial charge in [-0.25, -0.2) is 4.79 Å². The van der Waals surface area contributed by atoms with E-state index in [-0.39, 0.29) is 0 Å². The van der Waals surface area contributed by atoms with Gasteiger partial charge in [0.1, 0.15) is 5.69 Å². The van der Waals surface area contributed by atoms with Crippen molar-refractivity contribution >= 4 is 16.9 Å². The van der Waals surface area contributed by atoms with E-state index in [1.165, 1.54) is 5.56 Å². The molecule has 1 aromatic heterocycles. The van der Waals surface area contributed by atoms with E-state index in [4.69, 9.17) is 0 Å². The lowest BCUT2D eigenvalue weighted by Crippen LogP contribution is -2.10. The number of aromatic carboxylic acids is 1. The molecule has 0 saturated heterocycles. The normalized spacial score (nSPS) is 11.0. The molecule has 0 atom stereocenters. The number of hydrogen-bond acceptors (Lipinski definition) is 1. The zero-order chi connectivity index (χ0) is 16.4. The Morgan fingerprint density at radius 3 is 2.52 bits per heavy atom. The summed E-state index contributed by atoms with van der Waals surface area (Å²) in [5.41, 5.74) is 4.72. The van der Waals surface area contributed by atoms with Crippen LogP contribution in [0.4, 0.5) is 0 Å². The van der Waals surface area contributed by atoms with Gasteiger partial charge >= 0.3 is 5.97 Å². The van der Waals surface area contributed by atoms with Crippen molar-refractivity contribution in [2.75, 3.05) is 0 Å². The Kier molecular flexibility index (Phi) is 4.20. The van der Waals surface area contributed by atoms with Gasteiger partial charge in [0.25, 0.3) is 0 Å². The molecule has 0 amide bonds. The highest BCUT2D eigenvalue weighted by atomic mass is 16.4. The number of rotatable bonds is 5. The van der Waals surface area contributed by atoms with Crippen LogP contribution in [-0.4, -0.2) is 15.6 Å². The van der Waals surface area contributed by atoms with Crippen molar-refractivity contribution in [3.05, 3.63) is 70.9 Å². The van der Waals surface area contributed by atoms with E-state index in [0.29, 0.717) is 12.2 Å². The Morgan fingerprint density at radius 1 is 1.09 bits per heavy atom. The number of carboxylic acid groups (broad SMARTS) is 1. The molecule has 0 unspecified atom stereocenters. The van der Waals surface area contributed by atoms with Crippen molar-refractivity contribution in [1.29, 1.82) is 0 Å². The molecule has 3 nitrogen and oxygen atoms in total. The first-order valence-corrected chi connectivity index (χ1v) is 7.94. The highest BCUT2D eigenvalue weighted by molar-refractivity contribution is 5.98. The number of aromatic nitrogens is 1. The summed E-state index contributed by atoms with van der Waals surface area (Å²) in [6, 6.07) is 16.5. The third-order valence-electron chi connectivity index (χ3n) is 4.36. The first-order chi connectivity index (χ1) is 11.1. The summed E-state index contributed by atoms with van der Waals surface area (Å²) >= 11 is 0. The maximum Gasteiger partial charge on any atom is 0.352 e. The van der Waals surface area contributed by atoms with Gasteiger partial charge in [-0.2, -0.15) is 0 Å². The zero-order valence-electron chi connectivity index (χ0n) is 13.5. The minimum absolute atomic E-state index is 0.415. The molecular formula is C20H21NO2. The standard InChI is InChI=1S/C20H21NO2/c1-14-10-11-18-17(13-14)15(2)19(20(22)23)21(18)12-6-9-16-7-4-3-5-8-16/h3-5,7-8,10-11,13H,6,9,12H2,1-2H3,(H,22,23). The minimum atomic E-state index is -0.851. The smallest absolute Gasteiger partial charge is 0.352 e. The molecule has 3 heteroatoms. The minimum Gasteiger partial charge on any atom is -0.477 e. The van der Waals surface area contributed by atoms with E-state index < -0.39 is 5.97 Å². The van der Waals surface area contributed by atoms with E-state index in [2.05, 4.69) is 18.2 Å². The first kappa shape index (κ1) is 15.3. The molecule has 0 aliphatic heterocycles. The summed E-state index contributed by atoms with van der Waals surface area (Å²) in [6.07, 6.45) is 1.87. The molecule has 0 radical (unpaired) electrons. The van der Waals surface area contributed by atoms with Gasteiger partial charge in [0.2, 0.25) is 0 Å². The second kappa shape index (κ2) is 6.29. The SMILES string of the molecule is Cc1ccc2c(c1)c(C)c(C(=O)O)n2CCCc1ccccc1. The van der Waals surface area contributed by atoms with Gasteiger partial charge in [0, 0.05) is 17.4 Å². The summed E-state index contributed by atoms with van der Waals surface area (Å²) in [5, 5.41) is 10.7. The van der Waals surface area contributed by atoms with E-state index >= 15 is 0 Å². The van der Waals surface area contributed by atoms with Gasteiger partial charge < -0.3 is 9.67 Å². The van der Waals surface area contributed by atoms with Gasteiger partial charge in [-0.1, -0.05) is 42.0 Å². The highest BCUT2D eigenvalue weighted by Crippen LogP contribution is 2.27. The third kappa shape index (κ3) is 3.00. The van der Waals surface area contributed by atoms with Crippen LogP contribution in [0.3, 0.4) is 0 Å². The van der Waals surface area contributed by atoms with Gasteiger partial charge in [0.15, 0.2) is 0 Å². The van der Waals surface area contributed by atoms with Crippen molar-refractivity contribution < 1.29 is 9.90 Å². The first-order valence-electron chi connectivity index (χ1n) is 7.94. The highest BCUT2D eigenvalue weighted by Gasteiger charge is 2.19. The fourth-order valence-corrected chi connectivity index (χ4v) is 3.23. The van der Waals surface area contributed by atoms with Crippen LogP contribution in [0.1, 0.15) is 33.6 Å². The maximum atomic E-state index is 11.7. The lowest BCUT2D eigenvalue weighted by Gasteiger charge is -2.09. The number of benzene rings is 2. The predicted molar refractivity (Wildman–Crippen MR) is 93.1 cm³/mol. The van der Waals surface area contributed by atoms with Crippen LogP contribution in [0.15, 0.2) is 48.5 Å². The molecule has 0 bridgehead atoms. The molecule has 3 rings (SSSR count). The van der Waals surface area contributed by atoms with Gasteiger partial charge in [0.05, 0.1) is 0 Å². The van der Waals surface area contributed by atoms with Crippen molar-refractivity contribution in [3.8, 4) is 0 Å². The molecule has 0 aliphatic carbocycles. The van der Waals surface area contributed by atoms with Gasteiger partial charge in [-0.05, 0) is 49.9 Å². The van der Waals surface area contributed by atoms with Crippen LogP contribution >= 0.6 is 0 Å². The fourth-order valence-electron chi connectivity index (χ4n) is 3.23. The quantitative estimate of drug-likeness (QED) is 0.749. The number of hydrogen-bond donors (Lipinski definition) is 1. The largest absolute Gasteiger partial charge is 0.477 e. The van der Waals surface area contributed by atoms with Crippen LogP contribution in [0.2, 0.25) is 0 Å². The van der Waals surface area contributed by atoms with Crippen LogP contribution in [0, 0.1) is 13.8 Å². The average molecular weight is 307 g/mol. The van der Waals surface area contributed by atoms with E-state index in [0.717, 1.165) is 34.9 Å². The van der Waals surface area contributed by atoms with Crippen molar-refractivity contribution in [3.63, 3.8) is 0 Å². The summed E-state index contributed by atoms with van der Waals surface area (Å²) in [6.45, 7) is 4.65. The lowest BCUT2D eigenvalue weighted by molar-refractivity contribution is 0.0684. The summed E-state index contributed by atoms with van der Waals surface area (Å²) in [5.74, 6) is -0.851. The Balaban J connectivity index is 1.92. The monoisotopic (exact) mass is 307 g/mol. The number of carboxylic acids is 1. The van der Waals surface area contributed by atoms with Crippen LogP contribution < -0.4 is 0 Å². The molecule has 0 fully saturated rings. The number of fused-ring (bicyclic) bond motifs is 1. The molecule has 2 aromatic carbocycles. The predicted octanol–water partition coefficient (Wildman–Crippen LogP) is 4.59. The van der Waals surface area contributed by atoms with E-state index in [9.17, 15) is 9.90 Å². The molecule has 3 aromatic rings. The van der Waals surface area contributed by atoms with Crippen molar-refractivity contribution in [2.24, 2.45) is 0 Å². The van der Waals surface area contributed by atoms with E-state index in [1.807, 2.05) is 48.7 Å². The number of nitrogens with zero attached hydrogens (tertiary/aromatic N) is 1. The maximum absolute atomic E-state index is 11.7. The van der Waals surface area contributed by atoms with Gasteiger partial charge in [-0.15, -0.1) is 0 Å². The van der Waals surface area contributed by atoms with Crippen molar-refractivity contribution in [1.82, 2.24) is 4.57 Å². The molecule has 0 aliphatic rings. The number of aryl methyl sites for hydroxylation is 4. The Morgan fingerprint density at radius 2 is 1.83 bits per heavy atom. The van der Waals surface area contributed by atoms with Crippen LogP contribution in [0.25, 0.3) is 10.9 Å². The van der Waals surface area contributed by atoms with Crippen molar-refractivity contribution in [2.45, 2.75) is 33.2 Å².